The van der Waals surface area contributed by atoms with E-state index in [4.69, 9.17) is 4.74 Å². The first-order valence-electron chi connectivity index (χ1n) is 8.52. The van der Waals surface area contributed by atoms with Crippen LogP contribution in [0.5, 0.6) is 5.75 Å². The SMILES string of the molecule is C[C@H](Oc1cccnc1[N+](=O)[O-])C(=O)N[C@@H](C)[C@@H]1C[C@H]2CC[C@H]1C2. The highest BCUT2D eigenvalue weighted by Gasteiger charge is 2.42. The van der Waals surface area contributed by atoms with Gasteiger partial charge in [-0.2, -0.15) is 0 Å². The number of carbonyl (C=O) groups excluding carboxylic acids is 1. The lowest BCUT2D eigenvalue weighted by Gasteiger charge is -2.29. The normalized spacial score (nSPS) is 27.5. The minimum atomic E-state index is -0.811. The third kappa shape index (κ3) is 3.34. The third-order valence-electron chi connectivity index (χ3n) is 5.40. The number of nitrogens with one attached hydrogen (secondary N) is 1. The fourth-order valence-electron chi connectivity index (χ4n) is 4.21. The topological polar surface area (TPSA) is 94.4 Å². The van der Waals surface area contributed by atoms with Crippen LogP contribution in [0.4, 0.5) is 5.82 Å². The zero-order chi connectivity index (χ0) is 17.3. The number of rotatable bonds is 6. The number of hydrogen-bond donors (Lipinski definition) is 1. The van der Waals surface area contributed by atoms with Crippen molar-refractivity contribution >= 4 is 11.7 Å². The van der Waals surface area contributed by atoms with Crippen molar-refractivity contribution in [2.24, 2.45) is 17.8 Å². The minimum absolute atomic E-state index is 0.0118. The summed E-state index contributed by atoms with van der Waals surface area (Å²) in [5.41, 5.74) is 0. The molecule has 0 radical (unpaired) electrons. The van der Waals surface area contributed by atoms with Crippen LogP contribution in [0.2, 0.25) is 0 Å². The van der Waals surface area contributed by atoms with Crippen molar-refractivity contribution in [2.45, 2.75) is 51.7 Å². The number of nitrogens with zero attached hydrogens (tertiary/aromatic N) is 2. The van der Waals surface area contributed by atoms with E-state index in [0.29, 0.717) is 5.92 Å². The Labute approximate surface area is 140 Å². The molecule has 5 atom stereocenters. The second-order valence-corrected chi connectivity index (χ2v) is 6.98. The van der Waals surface area contributed by atoms with E-state index in [1.54, 1.807) is 13.0 Å². The van der Waals surface area contributed by atoms with Gasteiger partial charge in [-0.1, -0.05) is 6.42 Å². The number of ether oxygens (including phenoxy) is 1. The van der Waals surface area contributed by atoms with E-state index in [1.807, 2.05) is 6.92 Å². The zero-order valence-corrected chi connectivity index (χ0v) is 14.0. The van der Waals surface area contributed by atoms with Crippen molar-refractivity contribution < 1.29 is 14.5 Å². The summed E-state index contributed by atoms with van der Waals surface area (Å²) in [6.07, 6.45) is 5.59. The van der Waals surface area contributed by atoms with Crippen molar-refractivity contribution in [3.05, 3.63) is 28.4 Å². The van der Waals surface area contributed by atoms with Gasteiger partial charge in [-0.25, -0.2) is 0 Å². The quantitative estimate of drug-likeness (QED) is 0.638. The van der Waals surface area contributed by atoms with Gasteiger partial charge in [0.25, 0.3) is 5.91 Å². The smallest absolute Gasteiger partial charge is 0.406 e. The number of pyridine rings is 1. The van der Waals surface area contributed by atoms with E-state index >= 15 is 0 Å². The van der Waals surface area contributed by atoms with Gasteiger partial charge in [-0.15, -0.1) is 0 Å². The monoisotopic (exact) mass is 333 g/mol. The largest absolute Gasteiger partial charge is 0.473 e. The highest BCUT2D eigenvalue weighted by molar-refractivity contribution is 5.81. The molecule has 1 aromatic rings. The second-order valence-electron chi connectivity index (χ2n) is 6.98. The number of amides is 1. The van der Waals surface area contributed by atoms with Gasteiger partial charge in [-0.3, -0.25) is 4.79 Å². The molecule has 3 rings (SSSR count). The molecule has 1 heterocycles. The van der Waals surface area contributed by atoms with Crippen molar-refractivity contribution in [1.82, 2.24) is 10.3 Å². The summed E-state index contributed by atoms with van der Waals surface area (Å²) < 4.78 is 5.48. The zero-order valence-electron chi connectivity index (χ0n) is 14.0. The molecule has 2 saturated carbocycles. The maximum absolute atomic E-state index is 12.4. The lowest BCUT2D eigenvalue weighted by Crippen LogP contribution is -2.45. The Bertz CT molecular complexity index is 636. The Kier molecular flexibility index (Phi) is 4.69. The summed E-state index contributed by atoms with van der Waals surface area (Å²) in [4.78, 5) is 26.4. The predicted octanol–water partition coefficient (Wildman–Crippen LogP) is 2.70. The van der Waals surface area contributed by atoms with Gasteiger partial charge < -0.3 is 20.2 Å². The summed E-state index contributed by atoms with van der Waals surface area (Å²) in [5.74, 6) is 1.47. The Morgan fingerprint density at radius 3 is 2.83 bits per heavy atom. The summed E-state index contributed by atoms with van der Waals surface area (Å²) in [6.45, 7) is 3.64. The van der Waals surface area contributed by atoms with E-state index in [1.165, 1.54) is 37.9 Å². The number of aromatic nitrogens is 1. The molecule has 0 unspecified atom stereocenters. The Balaban J connectivity index is 1.58. The van der Waals surface area contributed by atoms with Gasteiger partial charge in [0, 0.05) is 6.04 Å². The third-order valence-corrected chi connectivity index (χ3v) is 5.40. The number of nitro groups is 1. The van der Waals surface area contributed by atoms with E-state index in [2.05, 4.69) is 10.3 Å². The summed E-state index contributed by atoms with van der Waals surface area (Å²) in [7, 11) is 0. The van der Waals surface area contributed by atoms with Gasteiger partial charge in [-0.05, 0) is 72.9 Å². The fourth-order valence-corrected chi connectivity index (χ4v) is 4.21. The van der Waals surface area contributed by atoms with Gasteiger partial charge in [0.2, 0.25) is 5.75 Å². The van der Waals surface area contributed by atoms with Gasteiger partial charge in [0.1, 0.15) is 6.20 Å². The maximum atomic E-state index is 12.4. The Morgan fingerprint density at radius 1 is 1.42 bits per heavy atom. The first kappa shape index (κ1) is 16.7. The van der Waals surface area contributed by atoms with Crippen LogP contribution in [0.15, 0.2) is 18.3 Å². The van der Waals surface area contributed by atoms with Crippen molar-refractivity contribution in [3.8, 4) is 5.75 Å². The van der Waals surface area contributed by atoms with E-state index in [9.17, 15) is 14.9 Å². The van der Waals surface area contributed by atoms with Crippen molar-refractivity contribution in [1.29, 1.82) is 0 Å². The molecule has 24 heavy (non-hydrogen) atoms. The van der Waals surface area contributed by atoms with Gasteiger partial charge >= 0.3 is 5.82 Å². The number of hydrogen-bond acceptors (Lipinski definition) is 5. The standard InChI is InChI=1S/C17H23N3O4/c1-10(14-9-12-5-6-13(14)8-12)19-17(21)11(2)24-15-4-3-7-18-16(15)20(22)23/h3-4,7,10-14H,5-6,8-9H2,1-2H3,(H,19,21)/t10-,11-,12-,13-,14-/m0/s1. The molecule has 7 nitrogen and oxygen atoms in total. The molecule has 7 heteroatoms. The molecule has 2 aliphatic rings. The van der Waals surface area contributed by atoms with Crippen LogP contribution in [0, 0.1) is 27.9 Å². The molecule has 2 fully saturated rings. The highest BCUT2D eigenvalue weighted by Crippen LogP contribution is 2.49. The van der Waals surface area contributed by atoms with E-state index in [-0.39, 0.29) is 23.5 Å². The minimum Gasteiger partial charge on any atom is -0.473 e. The van der Waals surface area contributed by atoms with Gasteiger partial charge in [0.05, 0.1) is 0 Å². The molecule has 130 valence electrons. The molecule has 2 aliphatic carbocycles. The summed E-state index contributed by atoms with van der Waals surface area (Å²) >= 11 is 0. The second kappa shape index (κ2) is 6.75. The summed E-state index contributed by atoms with van der Waals surface area (Å²) in [6, 6.07) is 3.10. The van der Waals surface area contributed by atoms with Crippen LogP contribution in [0.1, 0.15) is 39.5 Å². The molecule has 0 aliphatic heterocycles. The molecule has 1 aromatic heterocycles. The van der Waals surface area contributed by atoms with Crippen LogP contribution in [-0.2, 0) is 4.79 Å². The Morgan fingerprint density at radius 2 is 2.21 bits per heavy atom. The number of fused-ring (bicyclic) bond motifs is 2. The van der Waals surface area contributed by atoms with Crippen molar-refractivity contribution in [3.63, 3.8) is 0 Å². The van der Waals surface area contributed by atoms with Gasteiger partial charge in [0.15, 0.2) is 6.10 Å². The molecule has 1 amide bonds. The van der Waals surface area contributed by atoms with E-state index < -0.39 is 11.0 Å². The molecule has 0 aromatic carbocycles. The highest BCUT2D eigenvalue weighted by atomic mass is 16.6. The summed E-state index contributed by atoms with van der Waals surface area (Å²) in [5, 5.41) is 14.0. The van der Waals surface area contributed by atoms with Crippen LogP contribution in [0.3, 0.4) is 0 Å². The molecule has 2 bridgehead atoms. The lowest BCUT2D eigenvalue weighted by atomic mass is 9.84. The molecule has 0 saturated heterocycles. The lowest BCUT2D eigenvalue weighted by molar-refractivity contribution is -0.390. The fraction of sp³-hybridized carbons (Fsp3) is 0.647. The molecule has 0 spiro atoms. The molecular weight excluding hydrogens is 310 g/mol. The van der Waals surface area contributed by atoms with Crippen LogP contribution >= 0.6 is 0 Å². The maximum Gasteiger partial charge on any atom is 0.406 e. The van der Waals surface area contributed by atoms with Crippen LogP contribution in [0.25, 0.3) is 0 Å². The van der Waals surface area contributed by atoms with Crippen LogP contribution in [-0.4, -0.2) is 28.0 Å². The first-order chi connectivity index (χ1) is 11.5. The van der Waals surface area contributed by atoms with Crippen molar-refractivity contribution in [2.75, 3.05) is 0 Å². The molecule has 1 N–H and O–H groups in total. The first-order valence-corrected chi connectivity index (χ1v) is 8.52. The molecular formula is C17H23N3O4. The predicted molar refractivity (Wildman–Crippen MR) is 87.5 cm³/mol. The number of carbonyl (C=O) groups is 1. The Hall–Kier alpha value is -2.18. The van der Waals surface area contributed by atoms with E-state index in [0.717, 1.165) is 11.8 Å². The van der Waals surface area contributed by atoms with Crippen LogP contribution < -0.4 is 10.1 Å². The average Bonchev–Trinajstić information content (AvgIpc) is 3.18. The average molecular weight is 333 g/mol.